The normalized spacial score (nSPS) is 17.4. The van der Waals surface area contributed by atoms with Gasteiger partial charge in [-0.2, -0.15) is 5.10 Å². The van der Waals surface area contributed by atoms with Gasteiger partial charge in [0.1, 0.15) is 0 Å². The lowest BCUT2D eigenvalue weighted by atomic mass is 9.90. The molecule has 0 unspecified atom stereocenters. The van der Waals surface area contributed by atoms with E-state index in [1.807, 2.05) is 30.3 Å². The van der Waals surface area contributed by atoms with Gasteiger partial charge < -0.3 is 0 Å². The highest BCUT2D eigenvalue weighted by molar-refractivity contribution is 7.14. The van der Waals surface area contributed by atoms with Gasteiger partial charge in [-0.15, -0.1) is 11.3 Å². The van der Waals surface area contributed by atoms with Crippen molar-refractivity contribution in [1.29, 1.82) is 0 Å². The van der Waals surface area contributed by atoms with Gasteiger partial charge in [-0.1, -0.05) is 51.1 Å². The van der Waals surface area contributed by atoms with E-state index in [-0.39, 0.29) is 5.91 Å². The van der Waals surface area contributed by atoms with Crippen molar-refractivity contribution < 1.29 is 4.79 Å². The van der Waals surface area contributed by atoms with Crippen LogP contribution in [0, 0.1) is 11.8 Å². The highest BCUT2D eigenvalue weighted by atomic mass is 32.1. The summed E-state index contributed by atoms with van der Waals surface area (Å²) < 4.78 is 0. The number of hydrogen-bond acceptors (Lipinski definition) is 3. The first-order valence-electron chi connectivity index (χ1n) is 9.07. The van der Waals surface area contributed by atoms with E-state index in [2.05, 4.69) is 37.4 Å². The summed E-state index contributed by atoms with van der Waals surface area (Å²) in [6.07, 6.45) is 4.24. The maximum absolute atomic E-state index is 12.6. The lowest BCUT2D eigenvalue weighted by Crippen LogP contribution is -2.20. The van der Waals surface area contributed by atoms with Crippen LogP contribution in [-0.2, 0) is 12.8 Å². The average molecular weight is 355 g/mol. The average Bonchev–Trinajstić information content (AvgIpc) is 3.02. The molecule has 2 aromatic rings. The predicted molar refractivity (Wildman–Crippen MR) is 105 cm³/mol. The van der Waals surface area contributed by atoms with E-state index < -0.39 is 0 Å². The van der Waals surface area contributed by atoms with E-state index in [0.717, 1.165) is 35.4 Å². The van der Waals surface area contributed by atoms with Crippen LogP contribution in [0.2, 0.25) is 0 Å². The third-order valence-corrected chi connectivity index (χ3v) is 5.79. The molecule has 0 radical (unpaired) electrons. The summed E-state index contributed by atoms with van der Waals surface area (Å²) >= 11 is 1.63. The summed E-state index contributed by atoms with van der Waals surface area (Å²) in [5, 5.41) is 4.46. The van der Waals surface area contributed by atoms with Crippen LogP contribution in [0.3, 0.4) is 0 Å². The number of fused-ring (bicyclic) bond motifs is 1. The molecule has 1 heterocycles. The Morgan fingerprint density at radius 2 is 2.08 bits per heavy atom. The molecule has 1 aromatic heterocycles. The molecule has 1 aliphatic rings. The van der Waals surface area contributed by atoms with Crippen LogP contribution in [0.25, 0.3) is 0 Å². The number of rotatable bonds is 5. The Balaban J connectivity index is 1.75. The second kappa shape index (κ2) is 7.96. The van der Waals surface area contributed by atoms with Gasteiger partial charge >= 0.3 is 0 Å². The Bertz CT molecular complexity index is 761. The van der Waals surface area contributed by atoms with E-state index >= 15 is 0 Å². The van der Waals surface area contributed by atoms with Crippen LogP contribution in [-0.4, -0.2) is 11.6 Å². The molecule has 0 saturated heterocycles. The van der Waals surface area contributed by atoms with Crippen molar-refractivity contribution in [2.45, 2.75) is 46.5 Å². The Morgan fingerprint density at radius 3 is 2.80 bits per heavy atom. The molecule has 0 bridgehead atoms. The van der Waals surface area contributed by atoms with Gasteiger partial charge in [0.25, 0.3) is 5.91 Å². The number of aryl methyl sites for hydroxylation is 1. The maximum Gasteiger partial charge on any atom is 0.281 e. The van der Waals surface area contributed by atoms with Crippen LogP contribution in [0.5, 0.6) is 0 Å². The van der Waals surface area contributed by atoms with Crippen LogP contribution >= 0.6 is 11.3 Å². The van der Waals surface area contributed by atoms with Crippen molar-refractivity contribution in [3.63, 3.8) is 0 Å². The number of thiophene rings is 1. The van der Waals surface area contributed by atoms with E-state index in [1.54, 1.807) is 11.3 Å². The lowest BCUT2D eigenvalue weighted by molar-refractivity contribution is 0.0958. The molecule has 1 atom stereocenters. The quantitative estimate of drug-likeness (QED) is 0.592. The van der Waals surface area contributed by atoms with E-state index in [0.29, 0.717) is 11.8 Å². The molecule has 1 amide bonds. The van der Waals surface area contributed by atoms with Crippen LogP contribution < -0.4 is 5.43 Å². The molecule has 132 valence electrons. The van der Waals surface area contributed by atoms with Gasteiger partial charge in [0, 0.05) is 4.88 Å². The molecule has 0 saturated carbocycles. The molecule has 3 rings (SSSR count). The standard InChI is InChI=1S/C21H26N2OS/c1-14(2)11-18(16-7-5-4-6-8-16)22-23-21(24)20-13-17-12-15(3)9-10-19(17)25-20/h4-8,13-15H,9-12H2,1-3H3,(H,23,24)/b22-18-/t15-/m1/s1. The first-order valence-corrected chi connectivity index (χ1v) is 9.88. The summed E-state index contributed by atoms with van der Waals surface area (Å²) in [4.78, 5) is 14.7. The minimum Gasteiger partial charge on any atom is -0.266 e. The third kappa shape index (κ3) is 4.57. The number of hydrogen-bond donors (Lipinski definition) is 1. The van der Waals surface area contributed by atoms with Gasteiger partial charge in [0.15, 0.2) is 0 Å². The monoisotopic (exact) mass is 354 g/mol. The van der Waals surface area contributed by atoms with Crippen molar-refractivity contribution in [1.82, 2.24) is 5.43 Å². The highest BCUT2D eigenvalue weighted by Crippen LogP contribution is 2.32. The smallest absolute Gasteiger partial charge is 0.266 e. The van der Waals surface area contributed by atoms with Gasteiger partial charge in [-0.05, 0) is 54.7 Å². The summed E-state index contributed by atoms with van der Waals surface area (Å²) in [5.74, 6) is 1.10. The zero-order valence-electron chi connectivity index (χ0n) is 15.2. The van der Waals surface area contributed by atoms with E-state index in [1.165, 1.54) is 16.9 Å². The second-order valence-corrected chi connectivity index (χ2v) is 8.51. The molecular formula is C21H26N2OS. The summed E-state index contributed by atoms with van der Waals surface area (Å²) in [5.41, 5.74) is 6.13. The number of hydrazone groups is 1. The molecule has 3 nitrogen and oxygen atoms in total. The Morgan fingerprint density at radius 1 is 1.32 bits per heavy atom. The number of benzene rings is 1. The summed E-state index contributed by atoms with van der Waals surface area (Å²) in [6, 6.07) is 12.1. The van der Waals surface area contributed by atoms with Crippen molar-refractivity contribution in [3.8, 4) is 0 Å². The van der Waals surface area contributed by atoms with Gasteiger partial charge in [-0.25, -0.2) is 5.43 Å². The SMILES string of the molecule is CC(C)C/C(=N/NC(=O)c1cc2c(s1)CC[C@@H](C)C2)c1ccccc1. The van der Waals surface area contributed by atoms with Gasteiger partial charge in [-0.3, -0.25) is 4.79 Å². The minimum absolute atomic E-state index is 0.0933. The Hall–Kier alpha value is -1.94. The summed E-state index contributed by atoms with van der Waals surface area (Å²) in [6.45, 7) is 6.60. The molecule has 1 aromatic carbocycles. The minimum atomic E-state index is -0.0933. The summed E-state index contributed by atoms with van der Waals surface area (Å²) in [7, 11) is 0. The molecule has 0 fully saturated rings. The molecule has 25 heavy (non-hydrogen) atoms. The fourth-order valence-electron chi connectivity index (χ4n) is 3.24. The molecule has 1 N–H and O–H groups in total. The molecular weight excluding hydrogens is 328 g/mol. The molecule has 1 aliphatic carbocycles. The van der Waals surface area contributed by atoms with Gasteiger partial charge in [0.05, 0.1) is 10.6 Å². The van der Waals surface area contributed by atoms with E-state index in [4.69, 9.17) is 0 Å². The zero-order valence-corrected chi connectivity index (χ0v) is 16.0. The van der Waals surface area contributed by atoms with Crippen molar-refractivity contribution >= 4 is 23.0 Å². The number of nitrogens with zero attached hydrogens (tertiary/aromatic N) is 1. The topological polar surface area (TPSA) is 41.5 Å². The van der Waals surface area contributed by atoms with E-state index in [9.17, 15) is 4.79 Å². The van der Waals surface area contributed by atoms with Crippen LogP contribution in [0.4, 0.5) is 0 Å². The fourth-order valence-corrected chi connectivity index (χ4v) is 4.33. The second-order valence-electron chi connectivity index (χ2n) is 7.37. The molecule has 0 aliphatic heterocycles. The number of amides is 1. The fraction of sp³-hybridized carbons (Fsp3) is 0.429. The number of carbonyl (C=O) groups is 1. The van der Waals surface area contributed by atoms with Crippen molar-refractivity contribution in [3.05, 3.63) is 57.3 Å². The first-order chi connectivity index (χ1) is 12.0. The zero-order chi connectivity index (χ0) is 17.8. The predicted octanol–water partition coefficient (Wildman–Crippen LogP) is 5.05. The van der Waals surface area contributed by atoms with Crippen LogP contribution in [0.15, 0.2) is 41.5 Å². The largest absolute Gasteiger partial charge is 0.281 e. The van der Waals surface area contributed by atoms with Crippen LogP contribution in [0.1, 0.15) is 59.3 Å². The maximum atomic E-state index is 12.6. The molecule has 4 heteroatoms. The third-order valence-electron chi connectivity index (χ3n) is 4.55. The van der Waals surface area contributed by atoms with Crippen molar-refractivity contribution in [2.75, 3.05) is 0 Å². The number of carbonyl (C=O) groups excluding carboxylic acids is 1. The molecule has 0 spiro atoms. The first kappa shape index (κ1) is 17.9. The Kier molecular flexibility index (Phi) is 5.69. The Labute approximate surface area is 154 Å². The number of nitrogens with one attached hydrogen (secondary N) is 1. The van der Waals surface area contributed by atoms with Gasteiger partial charge in [0.2, 0.25) is 0 Å². The lowest BCUT2D eigenvalue weighted by Gasteiger charge is -2.16. The van der Waals surface area contributed by atoms with Crippen molar-refractivity contribution in [2.24, 2.45) is 16.9 Å². The highest BCUT2D eigenvalue weighted by Gasteiger charge is 2.20.